The Hall–Kier alpha value is -1.50. The summed E-state index contributed by atoms with van der Waals surface area (Å²) >= 11 is 3.09. The molecule has 3 fully saturated rings. The van der Waals surface area contributed by atoms with Crippen LogP contribution in [0.3, 0.4) is 0 Å². The molecule has 0 aliphatic carbocycles. The van der Waals surface area contributed by atoms with E-state index in [-0.39, 0.29) is 36.9 Å². The van der Waals surface area contributed by atoms with E-state index < -0.39 is 108 Å². The van der Waals surface area contributed by atoms with Gasteiger partial charge in [0.1, 0.15) is 35.1 Å². The predicted octanol–water partition coefficient (Wildman–Crippen LogP) is 1.36. The SMILES string of the molecule is CC[C@H]1OC(=O)[C@H](C)[C@@H](O[C@H]2C[C@@](C)(OC)[C@@H](O)[C@H](C)O2)[C@@H](C)[C@@H](O[C@@H]2O[C@H](C)C[C@H](N(C)C)[C@H]2O)[C@](C)(O)C[C@@H](C)C(=O)[C@H](C)[C@H](O)[C@]1(C)O.N#CS.O. The summed E-state index contributed by atoms with van der Waals surface area (Å²) in [4.78, 5) is 29.8. The molecule has 0 radical (unpaired) electrons. The van der Waals surface area contributed by atoms with Crippen LogP contribution >= 0.6 is 12.6 Å². The van der Waals surface area contributed by atoms with Gasteiger partial charge in [-0.05, 0) is 74.9 Å². The van der Waals surface area contributed by atoms with Gasteiger partial charge in [-0.15, -0.1) is 0 Å². The largest absolute Gasteiger partial charge is 0.459 e. The van der Waals surface area contributed by atoms with Crippen molar-refractivity contribution in [2.45, 2.75) is 179 Å². The lowest BCUT2D eigenvalue weighted by molar-refractivity contribution is -0.318. The van der Waals surface area contributed by atoms with Gasteiger partial charge in [-0.1, -0.05) is 40.3 Å². The number of cyclic esters (lactones) is 1. The number of aliphatic hydroxyl groups excluding tert-OH is 3. The van der Waals surface area contributed by atoms with Gasteiger partial charge in [0.15, 0.2) is 12.6 Å². The molecule has 0 amide bonds. The van der Waals surface area contributed by atoms with E-state index in [1.165, 1.54) is 33.3 Å². The average molecular weight is 811 g/mol. The zero-order chi connectivity index (χ0) is 41.7. The van der Waals surface area contributed by atoms with E-state index in [4.69, 9.17) is 33.7 Å². The number of ketones is 1. The summed E-state index contributed by atoms with van der Waals surface area (Å²) in [6.45, 7) is 16.3. The summed E-state index contributed by atoms with van der Waals surface area (Å²) < 4.78 is 37.1. The fourth-order valence-electron chi connectivity index (χ4n) is 8.41. The van der Waals surface area contributed by atoms with Crippen LogP contribution in [0.15, 0.2) is 0 Å². The molecule has 0 spiro atoms. The number of esters is 1. The maximum absolute atomic E-state index is 14.1. The van der Waals surface area contributed by atoms with Gasteiger partial charge in [0.25, 0.3) is 0 Å². The first-order chi connectivity index (χ1) is 24.8. The minimum absolute atomic E-state index is 0. The Balaban J connectivity index is 0.00000365. The molecule has 0 aromatic carbocycles. The second kappa shape index (κ2) is 21.0. The van der Waals surface area contributed by atoms with Gasteiger partial charge < -0.3 is 64.3 Å². The zero-order valence-electron chi connectivity index (χ0n) is 34.8. The van der Waals surface area contributed by atoms with Crippen molar-refractivity contribution in [2.24, 2.45) is 23.7 Å². The van der Waals surface area contributed by atoms with Crippen LogP contribution in [-0.2, 0) is 38.0 Å². The van der Waals surface area contributed by atoms with Crippen LogP contribution in [0.2, 0.25) is 0 Å². The number of thiocyanates is 1. The number of thiol groups is 1. The van der Waals surface area contributed by atoms with E-state index in [9.17, 15) is 35.1 Å². The van der Waals surface area contributed by atoms with Crippen LogP contribution in [0.25, 0.3) is 0 Å². The van der Waals surface area contributed by atoms with Crippen molar-refractivity contribution in [2.75, 3.05) is 21.2 Å². The van der Waals surface area contributed by atoms with Crippen molar-refractivity contribution in [1.29, 1.82) is 5.26 Å². The normalized spacial score (nSPS) is 46.3. The highest BCUT2D eigenvalue weighted by Crippen LogP contribution is 2.40. The van der Waals surface area contributed by atoms with Gasteiger partial charge in [0, 0.05) is 37.3 Å². The van der Waals surface area contributed by atoms with Crippen molar-refractivity contribution < 1.29 is 69.0 Å². The van der Waals surface area contributed by atoms with E-state index in [0.29, 0.717) is 6.42 Å². The van der Waals surface area contributed by atoms with E-state index >= 15 is 0 Å². The lowest BCUT2D eigenvalue weighted by Crippen LogP contribution is -2.61. The molecule has 0 aromatic heterocycles. The standard InChI is InChI=1S/C37H67NO13.CHNS.H2O/c1-14-25-37(10,45)30(41)20(4)27(39)18(2)16-35(8,44)32(51-34-28(40)24(38(11)12)15-19(3)47-34)21(5)29(22(6)33(43)49-25)50-26-17-36(9,46-13)31(42)23(7)48-26;2-1-3;/h18-26,28-32,34,40-42,44-45H,14-17H2,1-13H3;3H;1H2/t18-,19-,20+,21-,22-,23+,24+,25-,26+,28-,29+,30+,31+,32-,34+,35-,36-,37-;;/m1../s1. The smallest absolute Gasteiger partial charge is 0.311 e. The first-order valence-electron chi connectivity index (χ1n) is 18.9. The number of nitriles is 1. The molecular formula is C38H70N2O14S. The van der Waals surface area contributed by atoms with Crippen LogP contribution in [0.4, 0.5) is 0 Å². The Morgan fingerprint density at radius 2 is 1.51 bits per heavy atom. The summed E-state index contributed by atoms with van der Waals surface area (Å²) in [7, 11) is 5.18. The number of aliphatic hydroxyl groups is 5. The van der Waals surface area contributed by atoms with Crippen molar-refractivity contribution >= 4 is 24.4 Å². The Bertz CT molecular complexity index is 1270. The third kappa shape index (κ3) is 12.0. The Kier molecular flexibility index (Phi) is 19.6. The number of Topliss-reactive ketones (excluding diaryl/α,β-unsaturated/α-hetero) is 1. The number of methoxy groups -OCH3 is 1. The molecule has 3 saturated heterocycles. The van der Waals surface area contributed by atoms with Crippen molar-refractivity contribution in [3.05, 3.63) is 0 Å². The number of hydrogen-bond acceptors (Lipinski definition) is 16. The van der Waals surface area contributed by atoms with Crippen molar-refractivity contribution in [3.8, 4) is 5.40 Å². The molecule has 3 heterocycles. The number of carbonyl (C=O) groups is 2. The monoisotopic (exact) mass is 810 g/mol. The molecule has 0 aromatic rings. The minimum Gasteiger partial charge on any atom is -0.459 e. The Morgan fingerprint density at radius 1 is 0.945 bits per heavy atom. The highest BCUT2D eigenvalue weighted by atomic mass is 32.1. The van der Waals surface area contributed by atoms with Gasteiger partial charge >= 0.3 is 5.97 Å². The molecule has 18 atom stereocenters. The van der Waals surface area contributed by atoms with Crippen molar-refractivity contribution in [3.63, 3.8) is 0 Å². The highest BCUT2D eigenvalue weighted by molar-refractivity contribution is 7.85. The van der Waals surface area contributed by atoms with E-state index in [0.717, 1.165) is 0 Å². The van der Waals surface area contributed by atoms with Crippen LogP contribution in [0.5, 0.6) is 0 Å². The second-order valence-electron chi connectivity index (χ2n) is 16.6. The van der Waals surface area contributed by atoms with E-state index in [2.05, 4.69) is 12.6 Å². The molecule has 16 nitrogen and oxygen atoms in total. The molecule has 3 aliphatic rings. The number of nitrogens with zero attached hydrogens (tertiary/aromatic N) is 2. The fraction of sp³-hybridized carbons (Fsp3) is 0.921. The maximum atomic E-state index is 14.1. The van der Waals surface area contributed by atoms with Gasteiger partial charge in [0.2, 0.25) is 0 Å². The van der Waals surface area contributed by atoms with Crippen LogP contribution < -0.4 is 0 Å². The first kappa shape index (κ1) is 51.5. The maximum Gasteiger partial charge on any atom is 0.311 e. The molecule has 0 bridgehead atoms. The predicted molar refractivity (Wildman–Crippen MR) is 204 cm³/mol. The molecular weight excluding hydrogens is 740 g/mol. The number of carbonyl (C=O) groups excluding carboxylic acids is 2. The van der Waals surface area contributed by atoms with E-state index in [1.807, 2.05) is 25.9 Å². The summed E-state index contributed by atoms with van der Waals surface area (Å²) in [5, 5.41) is 66.2. The van der Waals surface area contributed by atoms with Crippen LogP contribution in [0, 0.1) is 34.3 Å². The molecule has 322 valence electrons. The molecule has 3 rings (SSSR count). The molecule has 7 N–H and O–H groups in total. The molecule has 55 heavy (non-hydrogen) atoms. The summed E-state index contributed by atoms with van der Waals surface area (Å²) in [5.74, 6) is -4.98. The topological polar surface area (TPSA) is 249 Å². The van der Waals surface area contributed by atoms with E-state index in [1.54, 1.807) is 41.5 Å². The van der Waals surface area contributed by atoms with Gasteiger partial charge in [0.05, 0.1) is 47.6 Å². The molecule has 0 unspecified atom stereocenters. The lowest BCUT2D eigenvalue weighted by Gasteiger charge is -2.49. The average Bonchev–Trinajstić information content (AvgIpc) is 3.09. The fourth-order valence-corrected chi connectivity index (χ4v) is 8.41. The minimum atomic E-state index is -1.99. The summed E-state index contributed by atoms with van der Waals surface area (Å²) in [6, 6.07) is -0.324. The molecule has 3 aliphatic heterocycles. The first-order valence-corrected chi connectivity index (χ1v) is 19.4. The number of hydrogen-bond donors (Lipinski definition) is 6. The third-order valence-electron chi connectivity index (χ3n) is 11.8. The number of rotatable bonds is 7. The summed E-state index contributed by atoms with van der Waals surface area (Å²) in [5.41, 5.74) is -4.84. The summed E-state index contributed by atoms with van der Waals surface area (Å²) in [6.07, 6.45) is -9.71. The highest BCUT2D eigenvalue weighted by Gasteiger charge is 2.53. The molecule has 17 heteroatoms. The molecule has 0 saturated carbocycles. The van der Waals surface area contributed by atoms with Crippen molar-refractivity contribution in [1.82, 2.24) is 4.90 Å². The number of ether oxygens (including phenoxy) is 6. The van der Waals surface area contributed by atoms with Gasteiger partial charge in [-0.2, -0.15) is 5.26 Å². The Labute approximate surface area is 332 Å². The van der Waals surface area contributed by atoms with Gasteiger partial charge in [-0.25, -0.2) is 0 Å². The van der Waals surface area contributed by atoms with Crippen LogP contribution in [0.1, 0.15) is 94.9 Å². The number of likely N-dealkylation sites (N-methyl/N-ethyl adjacent to an activating group) is 1. The Morgan fingerprint density at radius 3 is 2.02 bits per heavy atom. The zero-order valence-corrected chi connectivity index (χ0v) is 35.7. The quantitative estimate of drug-likeness (QED) is 0.121. The lowest BCUT2D eigenvalue weighted by atomic mass is 9.74. The van der Waals surface area contributed by atoms with Crippen LogP contribution in [-0.4, -0.2) is 153 Å². The third-order valence-corrected chi connectivity index (χ3v) is 11.8. The second-order valence-corrected chi connectivity index (χ2v) is 16.8. The van der Waals surface area contributed by atoms with Gasteiger partial charge in [-0.3, -0.25) is 9.59 Å².